The van der Waals surface area contributed by atoms with Crippen LogP contribution in [0.4, 0.5) is 13.2 Å². The Morgan fingerprint density at radius 1 is 0.933 bits per heavy atom. The molecule has 4 rings (SSSR count). The maximum absolute atomic E-state index is 13.3. The van der Waals surface area contributed by atoms with E-state index in [0.717, 1.165) is 22.8 Å². The van der Waals surface area contributed by atoms with Crippen molar-refractivity contribution in [3.8, 4) is 27.4 Å². The lowest BCUT2D eigenvalue weighted by atomic mass is 10.1. The molecule has 2 aromatic heterocycles. The van der Waals surface area contributed by atoms with E-state index in [1.54, 1.807) is 23.5 Å². The van der Waals surface area contributed by atoms with Gasteiger partial charge in [0.15, 0.2) is 15.5 Å². The Morgan fingerprint density at radius 3 is 2.10 bits per heavy atom. The summed E-state index contributed by atoms with van der Waals surface area (Å²) >= 11 is 1.57. The highest BCUT2D eigenvalue weighted by molar-refractivity contribution is 7.90. The number of hydrogen-bond donors (Lipinski definition) is 0. The Hall–Kier alpha value is -2.91. The fourth-order valence-corrected chi connectivity index (χ4v) is 4.37. The van der Waals surface area contributed by atoms with Gasteiger partial charge in [-0.3, -0.25) is 0 Å². The van der Waals surface area contributed by atoms with Gasteiger partial charge in [-0.15, -0.1) is 11.3 Å². The first-order valence-electron chi connectivity index (χ1n) is 8.75. The predicted molar refractivity (Wildman–Crippen MR) is 110 cm³/mol. The van der Waals surface area contributed by atoms with Crippen LogP contribution in [0.15, 0.2) is 77.0 Å². The summed E-state index contributed by atoms with van der Waals surface area (Å²) in [6, 6.07) is 17.6. The molecule has 0 fully saturated rings. The largest absolute Gasteiger partial charge is 0.435 e. The van der Waals surface area contributed by atoms with Gasteiger partial charge in [-0.2, -0.15) is 18.3 Å². The Morgan fingerprint density at radius 2 is 1.57 bits per heavy atom. The molecular weight excluding hydrogens is 433 g/mol. The SMILES string of the molecule is CS(=O)(=O)c1ccc(-n2nc(C(F)(F)F)cc2-c2ccc(-c3cccs3)cc2)cc1. The quantitative estimate of drug-likeness (QED) is 0.403. The van der Waals surface area contributed by atoms with Gasteiger partial charge in [0.25, 0.3) is 0 Å². The van der Waals surface area contributed by atoms with Crippen LogP contribution in [0.25, 0.3) is 27.4 Å². The molecule has 154 valence electrons. The molecule has 0 bridgehead atoms. The van der Waals surface area contributed by atoms with Crippen molar-refractivity contribution in [2.75, 3.05) is 6.26 Å². The first-order chi connectivity index (χ1) is 14.1. The highest BCUT2D eigenvalue weighted by atomic mass is 32.2. The minimum absolute atomic E-state index is 0.0799. The number of thiophene rings is 1. The Bertz CT molecular complexity index is 1270. The number of halogens is 3. The van der Waals surface area contributed by atoms with Gasteiger partial charge in [-0.1, -0.05) is 30.3 Å². The lowest BCUT2D eigenvalue weighted by molar-refractivity contribution is -0.141. The molecule has 0 aliphatic carbocycles. The molecular formula is C21H15F3N2O2S2. The summed E-state index contributed by atoms with van der Waals surface area (Å²) in [7, 11) is -3.42. The average molecular weight is 448 g/mol. The topological polar surface area (TPSA) is 52.0 Å². The molecule has 0 aliphatic heterocycles. The van der Waals surface area contributed by atoms with E-state index in [9.17, 15) is 21.6 Å². The zero-order valence-corrected chi connectivity index (χ0v) is 17.2. The molecule has 0 unspecified atom stereocenters. The maximum Gasteiger partial charge on any atom is 0.435 e. The van der Waals surface area contributed by atoms with Crippen LogP contribution < -0.4 is 0 Å². The lowest BCUT2D eigenvalue weighted by Gasteiger charge is -2.09. The summed E-state index contributed by atoms with van der Waals surface area (Å²) in [5.74, 6) is 0. The van der Waals surface area contributed by atoms with Crippen molar-refractivity contribution in [2.24, 2.45) is 0 Å². The second kappa shape index (κ2) is 7.41. The standard InChI is InChI=1S/C21H15F3N2O2S2/c1-30(27,28)17-10-8-16(9-11-17)26-18(13-20(25-26)21(22,23)24)14-4-6-15(7-5-14)19-3-2-12-29-19/h2-13H,1H3. The van der Waals surface area contributed by atoms with E-state index in [-0.39, 0.29) is 10.6 Å². The Balaban J connectivity index is 1.80. The van der Waals surface area contributed by atoms with E-state index in [1.807, 2.05) is 29.6 Å². The van der Waals surface area contributed by atoms with Gasteiger partial charge < -0.3 is 0 Å². The van der Waals surface area contributed by atoms with Crippen LogP contribution in [-0.2, 0) is 16.0 Å². The van der Waals surface area contributed by atoms with Gasteiger partial charge in [0.1, 0.15) is 0 Å². The number of rotatable bonds is 4. The number of alkyl halides is 3. The van der Waals surface area contributed by atoms with Crippen LogP contribution in [0.2, 0.25) is 0 Å². The first kappa shape index (κ1) is 20.4. The Kier molecular flexibility index (Phi) is 5.03. The number of nitrogens with zero attached hydrogens (tertiary/aromatic N) is 2. The van der Waals surface area contributed by atoms with Gasteiger partial charge >= 0.3 is 6.18 Å². The molecule has 4 nitrogen and oxygen atoms in total. The third-order valence-corrected chi connectivity index (χ3v) is 6.54. The third-order valence-electron chi connectivity index (χ3n) is 4.50. The molecule has 9 heteroatoms. The van der Waals surface area contributed by atoms with E-state index in [0.29, 0.717) is 11.3 Å². The lowest BCUT2D eigenvalue weighted by Crippen LogP contribution is -2.07. The minimum atomic E-state index is -4.61. The van der Waals surface area contributed by atoms with E-state index < -0.39 is 21.7 Å². The highest BCUT2D eigenvalue weighted by Crippen LogP contribution is 2.34. The summed E-state index contributed by atoms with van der Waals surface area (Å²) in [5.41, 5.74) is 1.09. The van der Waals surface area contributed by atoms with Crippen LogP contribution in [-0.4, -0.2) is 24.5 Å². The first-order valence-corrected chi connectivity index (χ1v) is 11.5. The molecule has 0 amide bonds. The zero-order valence-electron chi connectivity index (χ0n) is 15.6. The molecule has 0 saturated carbocycles. The minimum Gasteiger partial charge on any atom is -0.233 e. The van der Waals surface area contributed by atoms with Crippen molar-refractivity contribution < 1.29 is 21.6 Å². The molecule has 0 N–H and O–H groups in total. The van der Waals surface area contributed by atoms with E-state index in [1.165, 1.54) is 28.9 Å². The second-order valence-corrected chi connectivity index (χ2v) is 9.61. The van der Waals surface area contributed by atoms with Gasteiger partial charge in [0, 0.05) is 16.7 Å². The molecule has 0 spiro atoms. The molecule has 2 heterocycles. The van der Waals surface area contributed by atoms with Crippen molar-refractivity contribution >= 4 is 21.2 Å². The summed E-state index contributed by atoms with van der Waals surface area (Å²) < 4.78 is 64.5. The summed E-state index contributed by atoms with van der Waals surface area (Å²) in [5, 5.41) is 5.69. The zero-order chi connectivity index (χ0) is 21.5. The second-order valence-electron chi connectivity index (χ2n) is 6.65. The third kappa shape index (κ3) is 4.03. The summed E-state index contributed by atoms with van der Waals surface area (Å²) in [6.45, 7) is 0. The number of sulfone groups is 1. The van der Waals surface area contributed by atoms with Crippen molar-refractivity contribution in [1.29, 1.82) is 0 Å². The van der Waals surface area contributed by atoms with E-state index in [2.05, 4.69) is 5.10 Å². The molecule has 30 heavy (non-hydrogen) atoms. The van der Waals surface area contributed by atoms with Gasteiger partial charge in [-0.05, 0) is 47.3 Å². The highest BCUT2D eigenvalue weighted by Gasteiger charge is 2.35. The molecule has 0 radical (unpaired) electrons. The average Bonchev–Trinajstić information content (AvgIpc) is 3.37. The molecule has 4 aromatic rings. The van der Waals surface area contributed by atoms with Gasteiger partial charge in [0.2, 0.25) is 0 Å². The van der Waals surface area contributed by atoms with Crippen LogP contribution >= 0.6 is 11.3 Å². The predicted octanol–water partition coefficient (Wildman–Crippen LogP) is 5.69. The normalized spacial score (nSPS) is 12.3. The van der Waals surface area contributed by atoms with Crippen LogP contribution in [0.3, 0.4) is 0 Å². The van der Waals surface area contributed by atoms with Crippen molar-refractivity contribution in [2.45, 2.75) is 11.1 Å². The smallest absolute Gasteiger partial charge is 0.233 e. The Labute approximate surface area is 175 Å². The van der Waals surface area contributed by atoms with Crippen LogP contribution in [0.5, 0.6) is 0 Å². The number of aromatic nitrogens is 2. The molecule has 0 saturated heterocycles. The van der Waals surface area contributed by atoms with Crippen molar-refractivity contribution in [3.63, 3.8) is 0 Å². The maximum atomic E-state index is 13.3. The molecule has 0 aliphatic rings. The van der Waals surface area contributed by atoms with Crippen LogP contribution in [0, 0.1) is 0 Å². The van der Waals surface area contributed by atoms with E-state index in [4.69, 9.17) is 0 Å². The van der Waals surface area contributed by atoms with Gasteiger partial charge in [-0.25, -0.2) is 13.1 Å². The number of hydrogen-bond acceptors (Lipinski definition) is 4. The van der Waals surface area contributed by atoms with Crippen molar-refractivity contribution in [1.82, 2.24) is 9.78 Å². The summed E-state index contributed by atoms with van der Waals surface area (Å²) in [6.07, 6.45) is -3.54. The fraction of sp³-hybridized carbons (Fsp3) is 0.0952. The molecule has 2 aromatic carbocycles. The molecule has 0 atom stereocenters. The van der Waals surface area contributed by atoms with Gasteiger partial charge in [0.05, 0.1) is 16.3 Å². The monoisotopic (exact) mass is 448 g/mol. The fourth-order valence-electron chi connectivity index (χ4n) is 3.00. The van der Waals surface area contributed by atoms with Crippen molar-refractivity contribution in [3.05, 3.63) is 77.8 Å². The number of benzene rings is 2. The van der Waals surface area contributed by atoms with E-state index >= 15 is 0 Å². The summed E-state index contributed by atoms with van der Waals surface area (Å²) in [4.78, 5) is 1.14. The van der Waals surface area contributed by atoms with Crippen LogP contribution in [0.1, 0.15) is 5.69 Å².